The van der Waals surface area contributed by atoms with E-state index in [4.69, 9.17) is 4.42 Å². The first kappa shape index (κ1) is 18.0. The fourth-order valence-electron chi connectivity index (χ4n) is 3.32. The summed E-state index contributed by atoms with van der Waals surface area (Å²) in [7, 11) is 0. The van der Waals surface area contributed by atoms with E-state index in [1.54, 1.807) is 28.0 Å². The van der Waals surface area contributed by atoms with E-state index < -0.39 is 0 Å². The number of furan rings is 1. The third-order valence-corrected chi connectivity index (χ3v) is 5.20. The predicted octanol–water partition coefficient (Wildman–Crippen LogP) is 2.88. The number of aromatic amines is 1. The molecule has 3 heterocycles. The van der Waals surface area contributed by atoms with Gasteiger partial charge in [-0.25, -0.2) is 0 Å². The van der Waals surface area contributed by atoms with Gasteiger partial charge >= 0.3 is 0 Å². The molecule has 0 atom stereocenters. The van der Waals surface area contributed by atoms with Crippen LogP contribution in [0.2, 0.25) is 0 Å². The van der Waals surface area contributed by atoms with Crippen LogP contribution in [0.4, 0.5) is 0 Å². The number of piperazine rings is 1. The molecule has 0 radical (unpaired) electrons. The van der Waals surface area contributed by atoms with Gasteiger partial charge in [-0.05, 0) is 49.2 Å². The van der Waals surface area contributed by atoms with E-state index in [1.807, 2.05) is 6.07 Å². The number of rotatable bonds is 3. The Hall–Kier alpha value is -3.35. The van der Waals surface area contributed by atoms with Crippen LogP contribution in [0.5, 0.6) is 0 Å². The van der Waals surface area contributed by atoms with Gasteiger partial charge < -0.3 is 14.2 Å². The lowest BCUT2D eigenvalue weighted by molar-refractivity contribution is 0.0515. The zero-order valence-corrected chi connectivity index (χ0v) is 15.9. The summed E-state index contributed by atoms with van der Waals surface area (Å²) < 4.78 is 5.17. The number of carbonyl (C=O) groups excluding carboxylic acids is 2. The van der Waals surface area contributed by atoms with Gasteiger partial charge in [0.25, 0.3) is 11.8 Å². The minimum Gasteiger partial charge on any atom is -0.459 e. The molecule has 0 aliphatic carbocycles. The maximum Gasteiger partial charge on any atom is 0.289 e. The molecule has 2 amide bonds. The van der Waals surface area contributed by atoms with Crippen LogP contribution < -0.4 is 0 Å². The van der Waals surface area contributed by atoms with Crippen LogP contribution in [0.3, 0.4) is 0 Å². The Morgan fingerprint density at radius 2 is 1.68 bits per heavy atom. The summed E-state index contributed by atoms with van der Waals surface area (Å²) in [6, 6.07) is 11.3. The monoisotopic (exact) mass is 378 g/mol. The first-order valence-electron chi connectivity index (χ1n) is 9.28. The van der Waals surface area contributed by atoms with Crippen LogP contribution in [-0.4, -0.2) is 58.0 Å². The second kappa shape index (κ2) is 7.34. The molecule has 0 saturated carbocycles. The third kappa shape index (κ3) is 3.43. The number of aryl methyl sites for hydroxylation is 2. The van der Waals surface area contributed by atoms with Gasteiger partial charge in [-0.2, -0.15) is 5.10 Å². The zero-order valence-electron chi connectivity index (χ0n) is 15.9. The van der Waals surface area contributed by atoms with Gasteiger partial charge in [0, 0.05) is 31.7 Å². The van der Waals surface area contributed by atoms with E-state index in [0.29, 0.717) is 37.6 Å². The van der Waals surface area contributed by atoms with Crippen molar-refractivity contribution in [1.29, 1.82) is 0 Å². The van der Waals surface area contributed by atoms with Crippen molar-refractivity contribution in [3.8, 4) is 11.3 Å². The van der Waals surface area contributed by atoms with E-state index in [9.17, 15) is 9.59 Å². The second-order valence-electron chi connectivity index (χ2n) is 7.03. The molecule has 1 aromatic carbocycles. The number of aromatic nitrogens is 2. The highest BCUT2D eigenvalue weighted by atomic mass is 16.3. The van der Waals surface area contributed by atoms with E-state index in [2.05, 4.69) is 36.2 Å². The highest BCUT2D eigenvalue weighted by Crippen LogP contribution is 2.21. The molecule has 1 fully saturated rings. The number of benzene rings is 1. The number of amides is 2. The minimum absolute atomic E-state index is 0.104. The second-order valence-corrected chi connectivity index (χ2v) is 7.03. The molecule has 4 rings (SSSR count). The minimum atomic E-state index is -0.143. The van der Waals surface area contributed by atoms with Gasteiger partial charge in [-0.3, -0.25) is 14.7 Å². The molecular weight excluding hydrogens is 356 g/mol. The summed E-state index contributed by atoms with van der Waals surface area (Å²) in [5.41, 5.74) is 4.59. The van der Waals surface area contributed by atoms with Gasteiger partial charge in [0.05, 0.1) is 12.0 Å². The first-order valence-corrected chi connectivity index (χ1v) is 9.28. The average Bonchev–Trinajstić information content (AvgIpc) is 3.41. The molecule has 1 saturated heterocycles. The highest BCUT2D eigenvalue weighted by Gasteiger charge is 2.27. The Labute approximate surface area is 162 Å². The topological polar surface area (TPSA) is 82.4 Å². The summed E-state index contributed by atoms with van der Waals surface area (Å²) in [5, 5.41) is 7.16. The van der Waals surface area contributed by atoms with Crippen molar-refractivity contribution in [3.63, 3.8) is 0 Å². The molecular formula is C21H22N4O3. The molecule has 144 valence electrons. The van der Waals surface area contributed by atoms with Crippen molar-refractivity contribution >= 4 is 11.8 Å². The summed E-state index contributed by atoms with van der Waals surface area (Å²) in [4.78, 5) is 28.6. The fraction of sp³-hybridized carbons (Fsp3) is 0.286. The Balaban J connectivity index is 1.41. The Morgan fingerprint density at radius 3 is 2.32 bits per heavy atom. The standard InChI is InChI=1S/C21H22N4O3/c1-14-5-6-16(12-15(14)2)17-13-18(23-22-17)20(26)24-7-9-25(10-8-24)21(27)19-4-3-11-28-19/h3-6,11-13H,7-10H2,1-2H3,(H,22,23). The van der Waals surface area contributed by atoms with Crippen LogP contribution in [0.15, 0.2) is 47.1 Å². The maximum absolute atomic E-state index is 12.8. The molecule has 7 heteroatoms. The van der Waals surface area contributed by atoms with Crippen molar-refractivity contribution in [1.82, 2.24) is 20.0 Å². The maximum atomic E-state index is 12.8. The van der Waals surface area contributed by atoms with E-state index in [1.165, 1.54) is 17.4 Å². The van der Waals surface area contributed by atoms with Crippen molar-refractivity contribution in [2.45, 2.75) is 13.8 Å². The molecule has 3 aromatic rings. The zero-order chi connectivity index (χ0) is 19.7. The molecule has 28 heavy (non-hydrogen) atoms. The van der Waals surface area contributed by atoms with Gasteiger partial charge in [0.1, 0.15) is 5.69 Å². The van der Waals surface area contributed by atoms with Crippen molar-refractivity contribution in [2.24, 2.45) is 0 Å². The number of hydrogen-bond donors (Lipinski definition) is 1. The molecule has 1 N–H and O–H groups in total. The molecule has 1 aliphatic heterocycles. The van der Waals surface area contributed by atoms with Gasteiger partial charge in [-0.1, -0.05) is 12.1 Å². The van der Waals surface area contributed by atoms with E-state index in [0.717, 1.165) is 11.3 Å². The molecule has 2 aromatic heterocycles. The quantitative estimate of drug-likeness (QED) is 0.760. The summed E-state index contributed by atoms with van der Waals surface area (Å²) in [5.74, 6) is 0.0784. The van der Waals surface area contributed by atoms with Crippen molar-refractivity contribution in [3.05, 3.63) is 65.2 Å². The number of hydrogen-bond acceptors (Lipinski definition) is 4. The molecule has 0 unspecified atom stereocenters. The Morgan fingerprint density at radius 1 is 0.964 bits per heavy atom. The number of carbonyl (C=O) groups is 2. The van der Waals surface area contributed by atoms with Crippen LogP contribution in [0, 0.1) is 13.8 Å². The Bertz CT molecular complexity index is 999. The molecule has 7 nitrogen and oxygen atoms in total. The lowest BCUT2D eigenvalue weighted by Gasteiger charge is -2.34. The SMILES string of the molecule is Cc1ccc(-c2cc(C(=O)N3CCN(C(=O)c4ccco4)CC3)[nH]n2)cc1C. The van der Waals surface area contributed by atoms with Crippen molar-refractivity contribution in [2.75, 3.05) is 26.2 Å². The number of nitrogens with zero attached hydrogens (tertiary/aromatic N) is 3. The van der Waals surface area contributed by atoms with Crippen LogP contribution in [0.1, 0.15) is 32.2 Å². The van der Waals surface area contributed by atoms with Gasteiger partial charge in [-0.15, -0.1) is 0 Å². The number of nitrogens with one attached hydrogen (secondary N) is 1. The van der Waals surface area contributed by atoms with Gasteiger partial charge in [0.2, 0.25) is 0 Å². The smallest absolute Gasteiger partial charge is 0.289 e. The van der Waals surface area contributed by atoms with Gasteiger partial charge in [0.15, 0.2) is 5.76 Å². The van der Waals surface area contributed by atoms with Crippen molar-refractivity contribution < 1.29 is 14.0 Å². The average molecular weight is 378 g/mol. The van der Waals surface area contributed by atoms with Crippen LogP contribution in [-0.2, 0) is 0 Å². The lowest BCUT2D eigenvalue weighted by Crippen LogP contribution is -2.50. The lowest BCUT2D eigenvalue weighted by atomic mass is 10.0. The Kier molecular flexibility index (Phi) is 4.73. The van der Waals surface area contributed by atoms with Crippen LogP contribution in [0.25, 0.3) is 11.3 Å². The third-order valence-electron chi connectivity index (χ3n) is 5.20. The van der Waals surface area contributed by atoms with E-state index in [-0.39, 0.29) is 11.8 Å². The first-order chi connectivity index (χ1) is 13.5. The fourth-order valence-corrected chi connectivity index (χ4v) is 3.32. The summed E-state index contributed by atoms with van der Waals surface area (Å²) in [6.45, 7) is 6.02. The predicted molar refractivity (Wildman–Crippen MR) is 104 cm³/mol. The molecule has 0 spiro atoms. The largest absolute Gasteiger partial charge is 0.459 e. The number of H-pyrrole nitrogens is 1. The molecule has 0 bridgehead atoms. The normalized spacial score (nSPS) is 14.4. The van der Waals surface area contributed by atoms with E-state index >= 15 is 0 Å². The highest BCUT2D eigenvalue weighted by molar-refractivity contribution is 5.94. The van der Waals surface area contributed by atoms with Crippen LogP contribution >= 0.6 is 0 Å². The molecule has 1 aliphatic rings. The summed E-state index contributed by atoms with van der Waals surface area (Å²) >= 11 is 0. The summed E-state index contributed by atoms with van der Waals surface area (Å²) in [6.07, 6.45) is 1.48.